The Morgan fingerprint density at radius 2 is 1.10 bits per heavy atom. The van der Waals surface area contributed by atoms with Gasteiger partial charge in [0.25, 0.3) is 0 Å². The first-order chi connectivity index (χ1) is 10.0. The molecule has 0 atom stereocenters. The van der Waals surface area contributed by atoms with Crippen molar-refractivity contribution in [2.75, 3.05) is 6.54 Å². The summed E-state index contributed by atoms with van der Waals surface area (Å²) in [4.78, 5) is 19.1. The summed E-state index contributed by atoms with van der Waals surface area (Å²) in [6.45, 7) is 3.14. The number of aliphatic carboxylic acids is 2. The third-order valence-corrected chi connectivity index (χ3v) is 2.93. The quantitative estimate of drug-likeness (QED) is 0.378. The van der Waals surface area contributed by atoms with Gasteiger partial charge in [0, 0.05) is 12.2 Å². The number of carbonyl (C=O) groups is 2. The zero-order chi connectivity index (χ0) is 16.3. The van der Waals surface area contributed by atoms with Crippen LogP contribution in [-0.2, 0) is 9.59 Å². The highest BCUT2D eigenvalue weighted by atomic mass is 16.4. The van der Waals surface area contributed by atoms with Crippen molar-refractivity contribution >= 4 is 11.9 Å². The molecule has 0 spiro atoms. The van der Waals surface area contributed by atoms with E-state index in [4.69, 9.17) is 15.9 Å². The monoisotopic (exact) mass is 301 g/mol. The number of carboxylic acids is 2. The molecule has 124 valence electrons. The molecule has 0 saturated heterocycles. The fraction of sp³-hybridized carbons (Fsp3) is 0.750. The minimum absolute atomic E-state index is 0.558. The summed E-state index contributed by atoms with van der Waals surface area (Å²) in [6.07, 6.45) is 15.0. The van der Waals surface area contributed by atoms with Gasteiger partial charge in [0.15, 0.2) is 0 Å². The van der Waals surface area contributed by atoms with Gasteiger partial charge in [-0.2, -0.15) is 0 Å². The van der Waals surface area contributed by atoms with Crippen molar-refractivity contribution in [2.24, 2.45) is 5.73 Å². The molecular formula is C16H31NO4. The Balaban J connectivity index is 0. The first-order valence-electron chi connectivity index (χ1n) is 7.88. The third-order valence-electron chi connectivity index (χ3n) is 2.93. The van der Waals surface area contributed by atoms with Crippen molar-refractivity contribution < 1.29 is 19.8 Å². The van der Waals surface area contributed by atoms with Crippen LogP contribution < -0.4 is 5.73 Å². The molecule has 0 saturated carbocycles. The molecule has 0 amide bonds. The molecule has 0 bridgehead atoms. The van der Waals surface area contributed by atoms with Crippen LogP contribution in [0.1, 0.15) is 71.1 Å². The Morgan fingerprint density at radius 1 is 0.762 bits per heavy atom. The number of hydrogen-bond acceptors (Lipinski definition) is 3. The molecule has 0 radical (unpaired) electrons. The number of unbranched alkanes of at least 4 members (excludes halogenated alkanes) is 9. The first-order valence-corrected chi connectivity index (χ1v) is 7.88. The Morgan fingerprint density at radius 3 is 1.38 bits per heavy atom. The van der Waals surface area contributed by atoms with Crippen molar-refractivity contribution in [1.29, 1.82) is 0 Å². The van der Waals surface area contributed by atoms with Crippen molar-refractivity contribution in [3.63, 3.8) is 0 Å². The summed E-state index contributed by atoms with van der Waals surface area (Å²) in [5, 5.41) is 15.6. The van der Waals surface area contributed by atoms with Crippen molar-refractivity contribution in [3.05, 3.63) is 12.2 Å². The minimum atomic E-state index is -1.26. The van der Waals surface area contributed by atoms with Crippen LogP contribution in [0.25, 0.3) is 0 Å². The smallest absolute Gasteiger partial charge is 0.328 e. The van der Waals surface area contributed by atoms with E-state index in [-0.39, 0.29) is 0 Å². The molecular weight excluding hydrogens is 270 g/mol. The van der Waals surface area contributed by atoms with E-state index in [2.05, 4.69) is 6.92 Å². The highest BCUT2D eigenvalue weighted by Crippen LogP contribution is 2.09. The predicted octanol–water partition coefficient (Wildman–Crippen LogP) is 3.58. The number of nitrogens with two attached hydrogens (primary N) is 1. The zero-order valence-electron chi connectivity index (χ0n) is 13.2. The van der Waals surface area contributed by atoms with Gasteiger partial charge in [0.2, 0.25) is 0 Å². The Kier molecular flexibility index (Phi) is 19.5. The molecule has 0 rings (SSSR count). The molecule has 5 heteroatoms. The molecule has 5 nitrogen and oxygen atoms in total. The normalized spacial score (nSPS) is 10.2. The summed E-state index contributed by atoms with van der Waals surface area (Å²) in [5.74, 6) is -2.51. The van der Waals surface area contributed by atoms with Crippen LogP contribution in [0.5, 0.6) is 0 Å². The summed E-state index contributed by atoms with van der Waals surface area (Å²) < 4.78 is 0. The molecule has 0 aromatic carbocycles. The van der Waals surface area contributed by atoms with E-state index in [1.807, 2.05) is 0 Å². The van der Waals surface area contributed by atoms with Gasteiger partial charge in [-0.25, -0.2) is 9.59 Å². The maximum atomic E-state index is 9.55. The van der Waals surface area contributed by atoms with Crippen LogP contribution in [0.2, 0.25) is 0 Å². The van der Waals surface area contributed by atoms with Gasteiger partial charge in [-0.3, -0.25) is 0 Å². The average molecular weight is 301 g/mol. The zero-order valence-corrected chi connectivity index (χ0v) is 13.2. The molecule has 4 N–H and O–H groups in total. The van der Waals surface area contributed by atoms with Crippen molar-refractivity contribution in [3.8, 4) is 0 Å². The van der Waals surface area contributed by atoms with Gasteiger partial charge in [0.1, 0.15) is 0 Å². The Hall–Kier alpha value is -1.36. The standard InChI is InChI=1S/C12H27N.C4H4O4/c1-2-3-4-5-6-7-8-9-10-11-12-13;5-3(6)1-2-4(7)8/h2-13H2,1H3;1-2H,(H,5,6)(H,7,8)/b;2-1-. The minimum Gasteiger partial charge on any atom is -0.478 e. The third kappa shape index (κ3) is 27.7. The lowest BCUT2D eigenvalue weighted by atomic mass is 10.1. The van der Waals surface area contributed by atoms with Crippen LogP contribution in [0.4, 0.5) is 0 Å². The van der Waals surface area contributed by atoms with Crippen LogP contribution in [0, 0.1) is 0 Å². The second-order valence-corrected chi connectivity index (χ2v) is 4.98. The van der Waals surface area contributed by atoms with E-state index >= 15 is 0 Å². The number of rotatable bonds is 12. The molecule has 0 aliphatic rings. The highest BCUT2D eigenvalue weighted by Gasteiger charge is 1.91. The summed E-state index contributed by atoms with van der Waals surface area (Å²) >= 11 is 0. The maximum Gasteiger partial charge on any atom is 0.328 e. The molecule has 0 fully saturated rings. The number of hydrogen-bond donors (Lipinski definition) is 3. The van der Waals surface area contributed by atoms with Crippen LogP contribution in [-0.4, -0.2) is 28.7 Å². The first kappa shape index (κ1) is 21.9. The van der Waals surface area contributed by atoms with Gasteiger partial charge >= 0.3 is 11.9 Å². The average Bonchev–Trinajstić information content (AvgIpc) is 2.44. The molecule has 21 heavy (non-hydrogen) atoms. The van der Waals surface area contributed by atoms with E-state index in [0.717, 1.165) is 6.54 Å². The van der Waals surface area contributed by atoms with E-state index < -0.39 is 11.9 Å². The van der Waals surface area contributed by atoms with E-state index in [1.165, 1.54) is 64.2 Å². The van der Waals surface area contributed by atoms with Crippen LogP contribution >= 0.6 is 0 Å². The highest BCUT2D eigenvalue weighted by molar-refractivity contribution is 5.89. The van der Waals surface area contributed by atoms with Gasteiger partial charge in [-0.1, -0.05) is 64.7 Å². The van der Waals surface area contributed by atoms with Crippen LogP contribution in [0.3, 0.4) is 0 Å². The largest absolute Gasteiger partial charge is 0.478 e. The molecule has 0 aliphatic heterocycles. The number of carboxylic acid groups (broad SMARTS) is 2. The fourth-order valence-electron chi connectivity index (χ4n) is 1.77. The predicted molar refractivity (Wildman–Crippen MR) is 85.3 cm³/mol. The van der Waals surface area contributed by atoms with Gasteiger partial charge < -0.3 is 15.9 Å². The summed E-state index contributed by atoms with van der Waals surface area (Å²) in [6, 6.07) is 0. The van der Waals surface area contributed by atoms with Crippen molar-refractivity contribution in [2.45, 2.75) is 71.1 Å². The molecule has 0 aromatic rings. The second-order valence-electron chi connectivity index (χ2n) is 4.98. The molecule has 0 unspecified atom stereocenters. The van der Waals surface area contributed by atoms with Gasteiger partial charge in [-0.15, -0.1) is 0 Å². The van der Waals surface area contributed by atoms with E-state index in [0.29, 0.717) is 12.2 Å². The van der Waals surface area contributed by atoms with Gasteiger partial charge in [-0.05, 0) is 13.0 Å². The van der Waals surface area contributed by atoms with E-state index in [1.54, 1.807) is 0 Å². The molecule has 0 aliphatic carbocycles. The van der Waals surface area contributed by atoms with Crippen LogP contribution in [0.15, 0.2) is 12.2 Å². The second kappa shape index (κ2) is 18.6. The SMILES string of the molecule is CCCCCCCCCCCCN.O=C(O)/C=C\C(=O)O. The van der Waals surface area contributed by atoms with Crippen molar-refractivity contribution in [1.82, 2.24) is 0 Å². The van der Waals surface area contributed by atoms with E-state index in [9.17, 15) is 9.59 Å². The van der Waals surface area contributed by atoms with Gasteiger partial charge in [0.05, 0.1) is 0 Å². The topological polar surface area (TPSA) is 101 Å². The lowest BCUT2D eigenvalue weighted by Gasteiger charge is -2.00. The molecule has 0 heterocycles. The molecule has 0 aromatic heterocycles. The lowest BCUT2D eigenvalue weighted by molar-refractivity contribution is -0.134. The lowest BCUT2D eigenvalue weighted by Crippen LogP contribution is -1.97. The Bertz CT molecular complexity index is 251. The Labute approximate surface area is 128 Å². The summed E-state index contributed by atoms with van der Waals surface area (Å²) in [7, 11) is 0. The maximum absolute atomic E-state index is 9.55. The fourth-order valence-corrected chi connectivity index (χ4v) is 1.77. The summed E-state index contributed by atoms with van der Waals surface area (Å²) in [5.41, 5.74) is 5.42.